The minimum atomic E-state index is -0.639. The van der Waals surface area contributed by atoms with Gasteiger partial charge in [-0.15, -0.1) is 0 Å². The number of rotatable bonds is 6. The molecule has 0 unspecified atom stereocenters. The van der Waals surface area contributed by atoms with Gasteiger partial charge in [-0.2, -0.15) is 5.26 Å². The Morgan fingerprint density at radius 3 is 2.82 bits per heavy atom. The van der Waals surface area contributed by atoms with Gasteiger partial charge in [0.2, 0.25) is 0 Å². The summed E-state index contributed by atoms with van der Waals surface area (Å²) in [6.07, 6.45) is 1.98. The molecule has 17 heavy (non-hydrogen) atoms. The number of benzene rings is 1. The molecule has 1 rings (SSSR count). The second-order valence-electron chi connectivity index (χ2n) is 3.46. The molecule has 0 saturated heterocycles. The average Bonchev–Trinajstić information content (AvgIpc) is 2.30. The molecule has 0 aliphatic carbocycles. The summed E-state index contributed by atoms with van der Waals surface area (Å²) in [5, 5.41) is 21.5. The van der Waals surface area contributed by atoms with Crippen LogP contribution in [0.5, 0.6) is 0 Å². The van der Waals surface area contributed by atoms with E-state index in [1.54, 1.807) is 0 Å². The molecule has 0 spiro atoms. The molecule has 0 bridgehead atoms. The van der Waals surface area contributed by atoms with Crippen molar-refractivity contribution < 1.29 is 9.31 Å². The van der Waals surface area contributed by atoms with Gasteiger partial charge in [0.1, 0.15) is 0 Å². The van der Waals surface area contributed by atoms with Crippen molar-refractivity contribution in [1.29, 1.82) is 5.26 Å². The Balaban J connectivity index is 2.50. The second kappa shape index (κ2) is 6.43. The van der Waals surface area contributed by atoms with E-state index >= 15 is 0 Å². The number of nitrogens with zero attached hydrogens (tertiary/aromatic N) is 2. The van der Waals surface area contributed by atoms with Crippen LogP contribution in [0.4, 0.5) is 15.8 Å². The molecule has 6 heteroatoms. The lowest BCUT2D eigenvalue weighted by molar-refractivity contribution is -0.385. The lowest BCUT2D eigenvalue weighted by Crippen LogP contribution is -2.03. The smallest absolute Gasteiger partial charge is 0.272 e. The number of anilines is 1. The molecule has 0 radical (unpaired) electrons. The second-order valence-corrected chi connectivity index (χ2v) is 3.46. The van der Waals surface area contributed by atoms with Crippen LogP contribution < -0.4 is 5.32 Å². The van der Waals surface area contributed by atoms with Crippen LogP contribution in [0.1, 0.15) is 19.3 Å². The van der Waals surface area contributed by atoms with Gasteiger partial charge >= 0.3 is 0 Å². The Labute approximate surface area is 98.0 Å². The van der Waals surface area contributed by atoms with Crippen LogP contribution in [-0.4, -0.2) is 11.5 Å². The number of non-ortho nitro benzene ring substituents is 1. The van der Waals surface area contributed by atoms with E-state index in [2.05, 4.69) is 5.32 Å². The van der Waals surface area contributed by atoms with Crippen molar-refractivity contribution in [3.05, 3.63) is 34.1 Å². The lowest BCUT2D eigenvalue weighted by atomic mass is 10.2. The summed E-state index contributed by atoms with van der Waals surface area (Å²) < 4.78 is 13.4. The molecule has 0 amide bonds. The largest absolute Gasteiger partial charge is 0.383 e. The summed E-state index contributed by atoms with van der Waals surface area (Å²) in [5.74, 6) is -0.639. The molecule has 0 fully saturated rings. The normalized spacial score (nSPS) is 9.65. The van der Waals surface area contributed by atoms with Crippen molar-refractivity contribution in [1.82, 2.24) is 0 Å². The molecular formula is C11H12FN3O2. The third-order valence-corrected chi connectivity index (χ3v) is 2.19. The van der Waals surface area contributed by atoms with E-state index in [0.717, 1.165) is 18.9 Å². The maximum absolute atomic E-state index is 13.4. The van der Waals surface area contributed by atoms with Crippen LogP contribution in [0, 0.1) is 27.3 Å². The average molecular weight is 237 g/mol. The van der Waals surface area contributed by atoms with E-state index in [9.17, 15) is 14.5 Å². The predicted octanol–water partition coefficient (Wildman–Crippen LogP) is 2.84. The molecule has 1 aromatic rings. The maximum Gasteiger partial charge on any atom is 0.272 e. The van der Waals surface area contributed by atoms with Crippen LogP contribution in [0.2, 0.25) is 0 Å². The zero-order valence-corrected chi connectivity index (χ0v) is 9.15. The van der Waals surface area contributed by atoms with Gasteiger partial charge in [0.25, 0.3) is 5.69 Å². The number of nitrogens with one attached hydrogen (secondary N) is 1. The minimum absolute atomic E-state index is 0.243. The topological polar surface area (TPSA) is 79.0 Å². The Morgan fingerprint density at radius 2 is 2.24 bits per heavy atom. The highest BCUT2D eigenvalue weighted by Gasteiger charge is 2.09. The van der Waals surface area contributed by atoms with Crippen molar-refractivity contribution in [2.75, 3.05) is 11.9 Å². The van der Waals surface area contributed by atoms with Gasteiger partial charge in [-0.25, -0.2) is 4.39 Å². The molecule has 0 aliphatic heterocycles. The number of nitro groups is 1. The van der Waals surface area contributed by atoms with Crippen LogP contribution in [0.3, 0.4) is 0 Å². The fraction of sp³-hybridized carbons (Fsp3) is 0.364. The fourth-order valence-corrected chi connectivity index (χ4v) is 1.31. The van der Waals surface area contributed by atoms with Gasteiger partial charge in [0.15, 0.2) is 5.82 Å². The molecule has 90 valence electrons. The van der Waals surface area contributed by atoms with E-state index in [0.29, 0.717) is 13.0 Å². The number of unbranched alkanes of at least 4 members (excludes halogenated alkanes) is 2. The highest BCUT2D eigenvalue weighted by molar-refractivity contribution is 5.49. The minimum Gasteiger partial charge on any atom is -0.383 e. The summed E-state index contributed by atoms with van der Waals surface area (Å²) in [4.78, 5) is 9.75. The van der Waals surface area contributed by atoms with Crippen molar-refractivity contribution in [2.24, 2.45) is 0 Å². The first kappa shape index (κ1) is 12.9. The molecular weight excluding hydrogens is 225 g/mol. The van der Waals surface area contributed by atoms with E-state index < -0.39 is 10.7 Å². The Bertz CT molecular complexity index is 443. The van der Waals surface area contributed by atoms with Gasteiger partial charge < -0.3 is 5.32 Å². The predicted molar refractivity (Wildman–Crippen MR) is 61.0 cm³/mol. The molecule has 0 saturated carbocycles. The number of halogens is 1. The SMILES string of the molecule is N#CCCCCNc1ccc([N+](=O)[O-])cc1F. The fourth-order valence-electron chi connectivity index (χ4n) is 1.31. The quantitative estimate of drug-likeness (QED) is 0.468. The van der Waals surface area contributed by atoms with Crippen LogP contribution in [0.25, 0.3) is 0 Å². The Morgan fingerprint density at radius 1 is 1.47 bits per heavy atom. The Kier molecular flexibility index (Phi) is 4.88. The van der Waals surface area contributed by atoms with E-state index in [-0.39, 0.29) is 11.4 Å². The van der Waals surface area contributed by atoms with E-state index in [4.69, 9.17) is 5.26 Å². The van der Waals surface area contributed by atoms with Crippen LogP contribution in [0.15, 0.2) is 18.2 Å². The first-order valence-corrected chi connectivity index (χ1v) is 5.20. The van der Waals surface area contributed by atoms with Gasteiger partial charge in [-0.05, 0) is 18.9 Å². The molecule has 0 atom stereocenters. The maximum atomic E-state index is 13.4. The molecule has 0 aliphatic rings. The summed E-state index contributed by atoms with van der Waals surface area (Å²) in [6, 6.07) is 5.50. The summed E-state index contributed by atoms with van der Waals surface area (Å²) in [6.45, 7) is 0.538. The zero-order chi connectivity index (χ0) is 12.7. The number of hydrogen-bond donors (Lipinski definition) is 1. The van der Waals surface area contributed by atoms with Gasteiger partial charge in [0, 0.05) is 19.0 Å². The number of nitriles is 1. The van der Waals surface area contributed by atoms with Crippen LogP contribution in [-0.2, 0) is 0 Å². The van der Waals surface area contributed by atoms with Gasteiger partial charge in [-0.1, -0.05) is 0 Å². The third kappa shape index (κ3) is 4.07. The van der Waals surface area contributed by atoms with Gasteiger partial charge in [-0.3, -0.25) is 10.1 Å². The van der Waals surface area contributed by atoms with Crippen molar-refractivity contribution in [3.8, 4) is 6.07 Å². The lowest BCUT2D eigenvalue weighted by Gasteiger charge is -2.06. The van der Waals surface area contributed by atoms with Gasteiger partial charge in [0.05, 0.1) is 22.7 Å². The Hall–Kier alpha value is -2.16. The first-order valence-electron chi connectivity index (χ1n) is 5.20. The number of hydrogen-bond acceptors (Lipinski definition) is 4. The summed E-state index contributed by atoms with van der Waals surface area (Å²) in [5.41, 5.74) is -0.0231. The standard InChI is InChI=1S/C11H12FN3O2/c12-10-8-9(15(16)17)4-5-11(10)14-7-3-1-2-6-13/h4-5,8,14H,1-3,7H2. The monoisotopic (exact) mass is 237 g/mol. The molecule has 1 N–H and O–H groups in total. The van der Waals surface area contributed by atoms with Crippen LogP contribution >= 0.6 is 0 Å². The highest BCUT2D eigenvalue weighted by atomic mass is 19.1. The molecule has 0 heterocycles. The zero-order valence-electron chi connectivity index (χ0n) is 9.15. The third-order valence-electron chi connectivity index (χ3n) is 2.19. The van der Waals surface area contributed by atoms with Crippen molar-refractivity contribution >= 4 is 11.4 Å². The first-order chi connectivity index (χ1) is 8.15. The summed E-state index contributed by atoms with van der Waals surface area (Å²) >= 11 is 0. The van der Waals surface area contributed by atoms with Crippen molar-refractivity contribution in [2.45, 2.75) is 19.3 Å². The molecule has 1 aromatic carbocycles. The van der Waals surface area contributed by atoms with Crippen molar-refractivity contribution in [3.63, 3.8) is 0 Å². The molecule has 0 aromatic heterocycles. The van der Waals surface area contributed by atoms with E-state index in [1.165, 1.54) is 12.1 Å². The summed E-state index contributed by atoms with van der Waals surface area (Å²) in [7, 11) is 0. The number of nitro benzene ring substituents is 1. The highest BCUT2D eigenvalue weighted by Crippen LogP contribution is 2.20. The van der Waals surface area contributed by atoms with E-state index in [1.807, 2.05) is 6.07 Å². The molecule has 5 nitrogen and oxygen atoms in total.